The third-order valence-corrected chi connectivity index (χ3v) is 3.20. The van der Waals surface area contributed by atoms with Gasteiger partial charge in [0.15, 0.2) is 6.10 Å². The van der Waals surface area contributed by atoms with Crippen molar-refractivity contribution in [1.29, 1.82) is 0 Å². The molecular formula is C16H32NO4+. The van der Waals surface area contributed by atoms with Crippen LogP contribution in [0.1, 0.15) is 46.5 Å². The van der Waals surface area contributed by atoms with E-state index in [1.165, 1.54) is 0 Å². The molecule has 0 aromatic rings. The number of esters is 2. The van der Waals surface area contributed by atoms with Gasteiger partial charge in [0.05, 0.1) is 40.1 Å². The molecule has 0 aliphatic carbocycles. The first-order valence-corrected chi connectivity index (χ1v) is 7.86. The number of nitrogens with zero attached hydrogens (tertiary/aromatic N) is 1. The molecule has 0 N–H and O–H groups in total. The van der Waals surface area contributed by atoms with Crippen molar-refractivity contribution in [3.63, 3.8) is 0 Å². The van der Waals surface area contributed by atoms with Gasteiger partial charge in [-0.15, -0.1) is 0 Å². The van der Waals surface area contributed by atoms with E-state index in [1.807, 2.05) is 41.9 Å². The molecule has 0 heterocycles. The van der Waals surface area contributed by atoms with Crippen molar-refractivity contribution in [2.75, 3.05) is 34.3 Å². The zero-order valence-corrected chi connectivity index (χ0v) is 14.5. The van der Waals surface area contributed by atoms with Gasteiger partial charge in [-0.05, 0) is 12.8 Å². The number of ether oxygens (including phenoxy) is 2. The standard InChI is InChI=1S/C16H32NO4/c1-7-9-10-20-15(18)11-14(12-17(4,5)6)21-16(19)13(3)8-2/h13-14H,7-12H2,1-6H3/q+1. The fourth-order valence-corrected chi connectivity index (χ4v) is 1.78. The lowest BCUT2D eigenvalue weighted by Gasteiger charge is -2.29. The van der Waals surface area contributed by atoms with E-state index in [0.29, 0.717) is 17.6 Å². The van der Waals surface area contributed by atoms with Gasteiger partial charge in [0.2, 0.25) is 0 Å². The van der Waals surface area contributed by atoms with E-state index in [9.17, 15) is 9.59 Å². The lowest BCUT2D eigenvalue weighted by Crippen LogP contribution is -2.44. The molecule has 0 aromatic heterocycles. The number of carbonyl (C=O) groups is 2. The van der Waals surface area contributed by atoms with Gasteiger partial charge in [-0.2, -0.15) is 0 Å². The second kappa shape index (κ2) is 9.77. The summed E-state index contributed by atoms with van der Waals surface area (Å²) in [5.74, 6) is -0.674. The van der Waals surface area contributed by atoms with Gasteiger partial charge in [0, 0.05) is 0 Å². The first-order valence-electron chi connectivity index (χ1n) is 7.86. The maximum Gasteiger partial charge on any atom is 0.309 e. The molecule has 2 unspecified atom stereocenters. The Balaban J connectivity index is 4.52. The van der Waals surface area contributed by atoms with Crippen LogP contribution in [0.25, 0.3) is 0 Å². The second-order valence-corrected chi connectivity index (χ2v) is 6.62. The number of hydrogen-bond acceptors (Lipinski definition) is 4. The van der Waals surface area contributed by atoms with Gasteiger partial charge in [0.25, 0.3) is 0 Å². The van der Waals surface area contributed by atoms with Crippen LogP contribution in [0.5, 0.6) is 0 Å². The van der Waals surface area contributed by atoms with Crippen LogP contribution in [-0.2, 0) is 19.1 Å². The summed E-state index contributed by atoms with van der Waals surface area (Å²) in [5, 5.41) is 0. The van der Waals surface area contributed by atoms with Crippen molar-refractivity contribution in [1.82, 2.24) is 0 Å². The number of rotatable bonds is 10. The molecular weight excluding hydrogens is 270 g/mol. The fourth-order valence-electron chi connectivity index (χ4n) is 1.78. The topological polar surface area (TPSA) is 52.6 Å². The third kappa shape index (κ3) is 10.3. The van der Waals surface area contributed by atoms with Gasteiger partial charge in [0.1, 0.15) is 6.54 Å². The highest BCUT2D eigenvalue weighted by Gasteiger charge is 2.27. The molecule has 2 atom stereocenters. The Bertz CT molecular complexity index is 323. The molecule has 5 nitrogen and oxygen atoms in total. The predicted molar refractivity (Wildman–Crippen MR) is 82.7 cm³/mol. The van der Waals surface area contributed by atoms with Crippen molar-refractivity contribution in [3.05, 3.63) is 0 Å². The Kier molecular flexibility index (Phi) is 9.26. The molecule has 0 saturated heterocycles. The Labute approximate surface area is 129 Å². The number of quaternary nitrogens is 1. The zero-order valence-electron chi connectivity index (χ0n) is 14.5. The van der Waals surface area contributed by atoms with Crippen LogP contribution in [-0.4, -0.2) is 56.8 Å². The quantitative estimate of drug-likeness (QED) is 0.353. The monoisotopic (exact) mass is 302 g/mol. The average molecular weight is 302 g/mol. The molecule has 0 amide bonds. The SMILES string of the molecule is CCCCOC(=O)CC(C[N+](C)(C)C)OC(=O)C(C)CC. The highest BCUT2D eigenvalue weighted by Crippen LogP contribution is 2.11. The smallest absolute Gasteiger partial charge is 0.309 e. The Morgan fingerprint density at radius 3 is 2.24 bits per heavy atom. The lowest BCUT2D eigenvalue weighted by atomic mass is 10.1. The van der Waals surface area contributed by atoms with E-state index in [1.54, 1.807) is 0 Å². The molecule has 5 heteroatoms. The summed E-state index contributed by atoms with van der Waals surface area (Å²) >= 11 is 0. The minimum atomic E-state index is -0.430. The first kappa shape index (κ1) is 19.9. The minimum Gasteiger partial charge on any atom is -0.466 e. The van der Waals surface area contributed by atoms with Crippen LogP contribution in [0.4, 0.5) is 0 Å². The fraction of sp³-hybridized carbons (Fsp3) is 0.875. The summed E-state index contributed by atoms with van der Waals surface area (Å²) in [7, 11) is 6.02. The van der Waals surface area contributed by atoms with Crippen molar-refractivity contribution in [3.8, 4) is 0 Å². The summed E-state index contributed by atoms with van der Waals surface area (Å²) in [6, 6.07) is 0. The van der Waals surface area contributed by atoms with E-state index in [2.05, 4.69) is 0 Å². The number of likely N-dealkylation sites (N-methyl/N-ethyl adjacent to an activating group) is 1. The van der Waals surface area contributed by atoms with Crippen molar-refractivity contribution in [2.45, 2.75) is 52.6 Å². The Hall–Kier alpha value is -1.10. The molecule has 21 heavy (non-hydrogen) atoms. The zero-order chi connectivity index (χ0) is 16.5. The van der Waals surface area contributed by atoms with Gasteiger partial charge < -0.3 is 14.0 Å². The predicted octanol–water partition coefficient (Wildman–Crippen LogP) is 2.38. The summed E-state index contributed by atoms with van der Waals surface area (Å²) in [4.78, 5) is 23.7. The van der Waals surface area contributed by atoms with E-state index in [0.717, 1.165) is 19.3 Å². The van der Waals surface area contributed by atoms with Crippen LogP contribution in [0.15, 0.2) is 0 Å². The molecule has 0 fully saturated rings. The molecule has 124 valence electrons. The molecule has 0 spiro atoms. The number of carbonyl (C=O) groups excluding carboxylic acids is 2. The van der Waals surface area contributed by atoms with Gasteiger partial charge >= 0.3 is 11.9 Å². The minimum absolute atomic E-state index is 0.126. The average Bonchev–Trinajstić information content (AvgIpc) is 2.35. The van der Waals surface area contributed by atoms with Crippen molar-refractivity contribution >= 4 is 11.9 Å². The lowest BCUT2D eigenvalue weighted by molar-refractivity contribution is -0.873. The van der Waals surface area contributed by atoms with Crippen LogP contribution < -0.4 is 0 Å². The largest absolute Gasteiger partial charge is 0.466 e. The van der Waals surface area contributed by atoms with Crippen molar-refractivity contribution < 1.29 is 23.5 Å². The van der Waals surface area contributed by atoms with E-state index >= 15 is 0 Å². The first-order chi connectivity index (χ1) is 9.69. The summed E-state index contributed by atoms with van der Waals surface area (Å²) in [6.45, 7) is 6.85. The van der Waals surface area contributed by atoms with Gasteiger partial charge in [-0.25, -0.2) is 0 Å². The number of unbranched alkanes of at least 4 members (excludes halogenated alkanes) is 1. The Morgan fingerprint density at radius 1 is 1.14 bits per heavy atom. The molecule has 0 saturated carbocycles. The summed E-state index contributed by atoms with van der Waals surface area (Å²) < 4.78 is 11.3. The summed E-state index contributed by atoms with van der Waals surface area (Å²) in [5.41, 5.74) is 0. The molecule has 0 rings (SSSR count). The molecule has 0 aliphatic rings. The summed E-state index contributed by atoms with van der Waals surface area (Å²) in [6.07, 6.45) is 2.27. The maximum absolute atomic E-state index is 11.9. The van der Waals surface area contributed by atoms with Crippen LogP contribution in [0.2, 0.25) is 0 Å². The van der Waals surface area contributed by atoms with Crippen LogP contribution >= 0.6 is 0 Å². The van der Waals surface area contributed by atoms with Crippen molar-refractivity contribution in [2.24, 2.45) is 5.92 Å². The molecule has 0 radical (unpaired) electrons. The normalized spacial score (nSPS) is 14.4. The van der Waals surface area contributed by atoms with E-state index in [4.69, 9.17) is 9.47 Å². The van der Waals surface area contributed by atoms with E-state index in [-0.39, 0.29) is 24.3 Å². The Morgan fingerprint density at radius 2 is 1.76 bits per heavy atom. The second-order valence-electron chi connectivity index (χ2n) is 6.62. The van der Waals surface area contributed by atoms with Gasteiger partial charge in [-0.1, -0.05) is 27.2 Å². The molecule has 0 bridgehead atoms. The maximum atomic E-state index is 11.9. The number of hydrogen-bond donors (Lipinski definition) is 0. The highest BCUT2D eigenvalue weighted by atomic mass is 16.6. The highest BCUT2D eigenvalue weighted by molar-refractivity contribution is 5.74. The molecule has 0 aliphatic heterocycles. The third-order valence-electron chi connectivity index (χ3n) is 3.20. The van der Waals surface area contributed by atoms with E-state index < -0.39 is 6.10 Å². The van der Waals surface area contributed by atoms with Crippen LogP contribution in [0.3, 0.4) is 0 Å². The van der Waals surface area contributed by atoms with Crippen LogP contribution in [0, 0.1) is 5.92 Å². The van der Waals surface area contributed by atoms with Gasteiger partial charge in [-0.3, -0.25) is 9.59 Å². The molecule has 0 aromatic carbocycles.